The van der Waals surface area contributed by atoms with Crippen LogP contribution in [0.3, 0.4) is 0 Å². The van der Waals surface area contributed by atoms with E-state index in [1.54, 1.807) is 4.90 Å². The van der Waals surface area contributed by atoms with Crippen molar-refractivity contribution >= 4 is 23.3 Å². The van der Waals surface area contributed by atoms with Gasteiger partial charge in [-0.15, -0.1) is 0 Å². The van der Waals surface area contributed by atoms with Gasteiger partial charge in [-0.05, 0) is 45.2 Å². The average molecular weight is 330 g/mol. The molecule has 130 valence electrons. The van der Waals surface area contributed by atoms with E-state index in [1.165, 1.54) is 6.42 Å². The van der Waals surface area contributed by atoms with E-state index in [1.807, 2.05) is 29.3 Å². The molecule has 2 unspecified atom stereocenters. The molecule has 0 radical (unpaired) electrons. The lowest BCUT2D eigenvalue weighted by atomic mass is 10.00. The van der Waals surface area contributed by atoms with Crippen molar-refractivity contribution in [1.29, 1.82) is 0 Å². The second-order valence-corrected chi connectivity index (χ2v) is 6.77. The maximum Gasteiger partial charge on any atom is 0.333 e. The lowest BCUT2D eigenvalue weighted by molar-refractivity contribution is -0.117. The number of anilines is 2. The second-order valence-electron chi connectivity index (χ2n) is 6.77. The molecule has 6 nitrogen and oxygen atoms in total. The molecule has 2 atom stereocenters. The van der Waals surface area contributed by atoms with Gasteiger partial charge in [-0.3, -0.25) is 10.2 Å². The van der Waals surface area contributed by atoms with Crippen LogP contribution in [0.25, 0.3) is 0 Å². The fourth-order valence-corrected chi connectivity index (χ4v) is 3.63. The van der Waals surface area contributed by atoms with E-state index in [4.69, 9.17) is 0 Å². The van der Waals surface area contributed by atoms with Gasteiger partial charge in [-0.25, -0.2) is 9.80 Å². The number of hydrazine groups is 1. The quantitative estimate of drug-likeness (QED) is 0.895. The molecule has 24 heavy (non-hydrogen) atoms. The SMILES string of the molecule is CC1CCCC(C)N1NC(=O)Nc1ccccc1N1CCCC1=O. The van der Waals surface area contributed by atoms with E-state index in [0.29, 0.717) is 30.7 Å². The molecule has 2 heterocycles. The zero-order chi connectivity index (χ0) is 17.1. The minimum Gasteiger partial charge on any atom is -0.310 e. The van der Waals surface area contributed by atoms with Gasteiger partial charge in [0.25, 0.3) is 0 Å². The number of carbonyl (C=O) groups is 2. The van der Waals surface area contributed by atoms with Crippen LogP contribution < -0.4 is 15.6 Å². The van der Waals surface area contributed by atoms with Crippen molar-refractivity contribution in [1.82, 2.24) is 10.4 Å². The van der Waals surface area contributed by atoms with Gasteiger partial charge in [0.1, 0.15) is 0 Å². The molecule has 2 fully saturated rings. The van der Waals surface area contributed by atoms with Gasteiger partial charge in [0.2, 0.25) is 5.91 Å². The molecule has 1 aromatic carbocycles. The van der Waals surface area contributed by atoms with E-state index in [9.17, 15) is 9.59 Å². The summed E-state index contributed by atoms with van der Waals surface area (Å²) in [4.78, 5) is 26.2. The number of rotatable bonds is 3. The van der Waals surface area contributed by atoms with E-state index >= 15 is 0 Å². The summed E-state index contributed by atoms with van der Waals surface area (Å²) in [5, 5.41) is 4.94. The monoisotopic (exact) mass is 330 g/mol. The van der Waals surface area contributed by atoms with Crippen LogP contribution in [-0.4, -0.2) is 35.6 Å². The fourth-order valence-electron chi connectivity index (χ4n) is 3.63. The highest BCUT2D eigenvalue weighted by atomic mass is 16.2. The number of hydrogen-bond donors (Lipinski definition) is 2. The van der Waals surface area contributed by atoms with Crippen LogP contribution in [0.5, 0.6) is 0 Å². The van der Waals surface area contributed by atoms with Crippen molar-refractivity contribution in [3.63, 3.8) is 0 Å². The number of urea groups is 1. The lowest BCUT2D eigenvalue weighted by Gasteiger charge is -2.38. The third kappa shape index (κ3) is 3.53. The standard InChI is InChI=1S/C18H26N4O2/c1-13-7-5-8-14(2)22(13)20-18(24)19-15-9-3-4-10-16(15)21-12-6-11-17(21)23/h3-4,9-10,13-14H,5-8,11-12H2,1-2H3,(H2,19,20,24). The van der Waals surface area contributed by atoms with Crippen LogP contribution in [0, 0.1) is 0 Å². The summed E-state index contributed by atoms with van der Waals surface area (Å²) in [7, 11) is 0. The van der Waals surface area contributed by atoms with Crippen molar-refractivity contribution in [3.8, 4) is 0 Å². The Labute approximate surface area is 143 Å². The Morgan fingerprint density at radius 2 is 1.83 bits per heavy atom. The number of nitrogens with one attached hydrogen (secondary N) is 2. The highest BCUT2D eigenvalue weighted by molar-refractivity contribution is 6.01. The number of benzene rings is 1. The van der Waals surface area contributed by atoms with Crippen LogP contribution >= 0.6 is 0 Å². The summed E-state index contributed by atoms with van der Waals surface area (Å²) < 4.78 is 0. The van der Waals surface area contributed by atoms with Crippen molar-refractivity contribution in [2.75, 3.05) is 16.8 Å². The highest BCUT2D eigenvalue weighted by Gasteiger charge is 2.27. The van der Waals surface area contributed by atoms with Crippen LogP contribution in [0.2, 0.25) is 0 Å². The predicted octanol–water partition coefficient (Wildman–Crippen LogP) is 3.11. The molecule has 0 saturated carbocycles. The van der Waals surface area contributed by atoms with Crippen molar-refractivity contribution in [2.45, 2.75) is 58.0 Å². The van der Waals surface area contributed by atoms with Crippen molar-refractivity contribution in [2.24, 2.45) is 0 Å². The average Bonchev–Trinajstić information content (AvgIpc) is 2.98. The van der Waals surface area contributed by atoms with Gasteiger partial charge >= 0.3 is 6.03 Å². The smallest absolute Gasteiger partial charge is 0.310 e. The molecule has 0 bridgehead atoms. The van der Waals surface area contributed by atoms with Gasteiger partial charge in [0.15, 0.2) is 0 Å². The molecular formula is C18H26N4O2. The molecule has 3 rings (SSSR count). The number of para-hydroxylation sites is 2. The molecule has 3 amide bonds. The summed E-state index contributed by atoms with van der Waals surface area (Å²) in [6, 6.07) is 7.87. The number of hydrogen-bond acceptors (Lipinski definition) is 3. The summed E-state index contributed by atoms with van der Waals surface area (Å²) >= 11 is 0. The molecule has 0 aromatic heterocycles. The third-order valence-electron chi connectivity index (χ3n) is 4.94. The van der Waals surface area contributed by atoms with Gasteiger partial charge in [-0.2, -0.15) is 0 Å². The molecule has 2 N–H and O–H groups in total. The number of amides is 3. The normalized spacial score (nSPS) is 24.9. The van der Waals surface area contributed by atoms with E-state index < -0.39 is 0 Å². The number of carbonyl (C=O) groups excluding carboxylic acids is 2. The van der Waals surface area contributed by atoms with Crippen LogP contribution in [0.4, 0.5) is 16.2 Å². The first kappa shape index (κ1) is 16.8. The van der Waals surface area contributed by atoms with Crippen LogP contribution in [0.15, 0.2) is 24.3 Å². The predicted molar refractivity (Wildman–Crippen MR) is 94.8 cm³/mol. The topological polar surface area (TPSA) is 64.7 Å². The molecule has 0 aliphatic carbocycles. The van der Waals surface area contributed by atoms with Gasteiger partial charge < -0.3 is 10.2 Å². The second kappa shape index (κ2) is 7.21. The number of piperidine rings is 1. The summed E-state index contributed by atoms with van der Waals surface area (Å²) in [6.07, 6.45) is 4.81. The molecule has 1 aromatic rings. The zero-order valence-electron chi connectivity index (χ0n) is 14.4. The Morgan fingerprint density at radius 3 is 2.50 bits per heavy atom. The minimum absolute atomic E-state index is 0.114. The van der Waals surface area contributed by atoms with Crippen LogP contribution in [0.1, 0.15) is 46.0 Å². The van der Waals surface area contributed by atoms with Crippen molar-refractivity contribution in [3.05, 3.63) is 24.3 Å². The van der Waals surface area contributed by atoms with Gasteiger partial charge in [-0.1, -0.05) is 18.6 Å². The Kier molecular flexibility index (Phi) is 5.04. The lowest BCUT2D eigenvalue weighted by Crippen LogP contribution is -2.55. The summed E-state index contributed by atoms with van der Waals surface area (Å²) in [5.74, 6) is 0.114. The molecule has 2 aliphatic rings. The largest absolute Gasteiger partial charge is 0.333 e. The summed E-state index contributed by atoms with van der Waals surface area (Å²) in [5.41, 5.74) is 4.42. The Balaban J connectivity index is 1.69. The first-order chi connectivity index (χ1) is 11.6. The van der Waals surface area contributed by atoms with E-state index in [0.717, 1.165) is 24.9 Å². The highest BCUT2D eigenvalue weighted by Crippen LogP contribution is 2.29. The Hall–Kier alpha value is -2.08. The first-order valence-electron chi connectivity index (χ1n) is 8.81. The molecule has 0 spiro atoms. The van der Waals surface area contributed by atoms with Crippen LogP contribution in [-0.2, 0) is 4.79 Å². The Morgan fingerprint density at radius 1 is 1.12 bits per heavy atom. The van der Waals surface area contributed by atoms with E-state index in [2.05, 4.69) is 24.6 Å². The maximum absolute atomic E-state index is 12.5. The molecule has 2 saturated heterocycles. The summed E-state index contributed by atoms with van der Waals surface area (Å²) in [6.45, 7) is 4.97. The molecule has 6 heteroatoms. The number of nitrogens with zero attached hydrogens (tertiary/aromatic N) is 2. The van der Waals surface area contributed by atoms with Crippen molar-refractivity contribution < 1.29 is 9.59 Å². The Bertz CT molecular complexity index is 609. The van der Waals surface area contributed by atoms with Gasteiger partial charge in [0, 0.05) is 25.0 Å². The van der Waals surface area contributed by atoms with Gasteiger partial charge in [0.05, 0.1) is 11.4 Å². The first-order valence-corrected chi connectivity index (χ1v) is 8.81. The molecular weight excluding hydrogens is 304 g/mol. The minimum atomic E-state index is -0.255. The fraction of sp³-hybridized carbons (Fsp3) is 0.556. The van der Waals surface area contributed by atoms with E-state index in [-0.39, 0.29) is 11.9 Å². The molecule has 2 aliphatic heterocycles. The maximum atomic E-state index is 12.5. The zero-order valence-corrected chi connectivity index (χ0v) is 14.4. The third-order valence-corrected chi connectivity index (χ3v) is 4.94.